The SMILES string of the molecule is CC1CCC(O)(CNC2CCC(C)CC2C)CC1. The second-order valence-corrected chi connectivity index (χ2v) is 7.29. The zero-order chi connectivity index (χ0) is 13.2. The van der Waals surface area contributed by atoms with Crippen molar-refractivity contribution in [3.05, 3.63) is 0 Å². The summed E-state index contributed by atoms with van der Waals surface area (Å²) >= 11 is 0. The molecule has 0 saturated heterocycles. The van der Waals surface area contributed by atoms with Gasteiger partial charge in [-0.25, -0.2) is 0 Å². The second kappa shape index (κ2) is 5.92. The fourth-order valence-corrected chi connectivity index (χ4v) is 3.77. The van der Waals surface area contributed by atoms with E-state index in [1.165, 1.54) is 32.1 Å². The maximum absolute atomic E-state index is 10.6. The summed E-state index contributed by atoms with van der Waals surface area (Å²) in [6.07, 6.45) is 8.32. The fourth-order valence-electron chi connectivity index (χ4n) is 3.77. The smallest absolute Gasteiger partial charge is 0.0771 e. The van der Waals surface area contributed by atoms with Gasteiger partial charge in [-0.1, -0.05) is 20.8 Å². The summed E-state index contributed by atoms with van der Waals surface area (Å²) in [6.45, 7) is 7.84. The quantitative estimate of drug-likeness (QED) is 0.808. The number of rotatable bonds is 3. The molecule has 2 rings (SSSR count). The minimum atomic E-state index is -0.421. The zero-order valence-corrected chi connectivity index (χ0v) is 12.4. The lowest BCUT2D eigenvalue weighted by Crippen LogP contribution is -2.49. The molecule has 2 aliphatic rings. The van der Waals surface area contributed by atoms with Crippen molar-refractivity contribution in [2.75, 3.05) is 6.54 Å². The van der Waals surface area contributed by atoms with Crippen molar-refractivity contribution in [3.8, 4) is 0 Å². The van der Waals surface area contributed by atoms with Crippen LogP contribution in [-0.4, -0.2) is 23.3 Å². The van der Waals surface area contributed by atoms with Crippen LogP contribution in [0.25, 0.3) is 0 Å². The molecule has 2 fully saturated rings. The van der Waals surface area contributed by atoms with Crippen LogP contribution in [0.15, 0.2) is 0 Å². The van der Waals surface area contributed by atoms with E-state index in [2.05, 4.69) is 26.1 Å². The van der Waals surface area contributed by atoms with Gasteiger partial charge in [-0.15, -0.1) is 0 Å². The van der Waals surface area contributed by atoms with Gasteiger partial charge >= 0.3 is 0 Å². The summed E-state index contributed by atoms with van der Waals surface area (Å²) in [5.41, 5.74) is -0.421. The number of hydrogen-bond donors (Lipinski definition) is 2. The molecule has 0 aromatic carbocycles. The molecule has 3 unspecified atom stereocenters. The van der Waals surface area contributed by atoms with Crippen molar-refractivity contribution in [1.29, 1.82) is 0 Å². The second-order valence-electron chi connectivity index (χ2n) is 7.29. The van der Waals surface area contributed by atoms with Crippen LogP contribution in [0.2, 0.25) is 0 Å². The zero-order valence-electron chi connectivity index (χ0n) is 12.4. The van der Waals surface area contributed by atoms with Gasteiger partial charge in [0.05, 0.1) is 5.60 Å². The van der Waals surface area contributed by atoms with E-state index in [9.17, 15) is 5.11 Å². The van der Waals surface area contributed by atoms with Crippen molar-refractivity contribution in [3.63, 3.8) is 0 Å². The Bertz CT molecular complexity index is 258. The third kappa shape index (κ3) is 3.71. The van der Waals surface area contributed by atoms with Crippen LogP contribution in [0.1, 0.15) is 65.7 Å². The molecule has 0 radical (unpaired) electrons. The maximum Gasteiger partial charge on any atom is 0.0771 e. The van der Waals surface area contributed by atoms with Crippen LogP contribution < -0.4 is 5.32 Å². The van der Waals surface area contributed by atoms with Crippen molar-refractivity contribution >= 4 is 0 Å². The van der Waals surface area contributed by atoms with Gasteiger partial charge in [-0.3, -0.25) is 0 Å². The summed E-state index contributed by atoms with van der Waals surface area (Å²) in [5, 5.41) is 14.3. The number of hydrogen-bond acceptors (Lipinski definition) is 2. The van der Waals surface area contributed by atoms with E-state index in [4.69, 9.17) is 0 Å². The lowest BCUT2D eigenvalue weighted by atomic mass is 9.77. The van der Waals surface area contributed by atoms with Crippen LogP contribution in [-0.2, 0) is 0 Å². The predicted octanol–water partition coefficient (Wildman–Crippen LogP) is 3.34. The van der Waals surface area contributed by atoms with E-state index >= 15 is 0 Å². The van der Waals surface area contributed by atoms with E-state index in [1.807, 2.05) is 0 Å². The molecule has 0 spiro atoms. The minimum Gasteiger partial charge on any atom is -0.389 e. The van der Waals surface area contributed by atoms with Gasteiger partial charge < -0.3 is 10.4 Å². The van der Waals surface area contributed by atoms with Crippen molar-refractivity contribution in [2.24, 2.45) is 17.8 Å². The highest BCUT2D eigenvalue weighted by Crippen LogP contribution is 2.33. The van der Waals surface area contributed by atoms with Crippen LogP contribution in [0.3, 0.4) is 0 Å². The Kier molecular flexibility index (Phi) is 4.71. The Hall–Kier alpha value is -0.0800. The molecule has 0 amide bonds. The first-order valence-corrected chi connectivity index (χ1v) is 7.94. The lowest BCUT2D eigenvalue weighted by molar-refractivity contribution is -0.0110. The molecular formula is C16H31NO. The summed E-state index contributed by atoms with van der Waals surface area (Å²) < 4.78 is 0. The molecule has 106 valence electrons. The first kappa shape index (κ1) is 14.3. The monoisotopic (exact) mass is 253 g/mol. The summed E-state index contributed by atoms with van der Waals surface area (Å²) in [7, 11) is 0. The largest absolute Gasteiger partial charge is 0.389 e. The van der Waals surface area contributed by atoms with Crippen LogP contribution >= 0.6 is 0 Å². The van der Waals surface area contributed by atoms with Gasteiger partial charge in [0.1, 0.15) is 0 Å². The molecule has 0 aromatic rings. The average molecular weight is 253 g/mol. The van der Waals surface area contributed by atoms with Gasteiger partial charge in [0.25, 0.3) is 0 Å². The normalized spacial score (nSPS) is 46.0. The first-order valence-electron chi connectivity index (χ1n) is 7.94. The van der Waals surface area contributed by atoms with Gasteiger partial charge in [0, 0.05) is 12.6 Å². The van der Waals surface area contributed by atoms with Crippen LogP contribution in [0.4, 0.5) is 0 Å². The van der Waals surface area contributed by atoms with Gasteiger partial charge in [-0.2, -0.15) is 0 Å². The highest BCUT2D eigenvalue weighted by molar-refractivity contribution is 4.89. The highest BCUT2D eigenvalue weighted by atomic mass is 16.3. The van der Waals surface area contributed by atoms with E-state index < -0.39 is 5.60 Å². The standard InChI is InChI=1S/C16H31NO/c1-12-6-8-16(18,9-7-12)11-17-15-5-4-13(2)10-14(15)3/h12-15,17-18H,4-11H2,1-3H3. The molecule has 18 heavy (non-hydrogen) atoms. The van der Waals surface area contributed by atoms with Gasteiger partial charge in [-0.05, 0) is 62.7 Å². The number of nitrogens with one attached hydrogen (secondary N) is 1. The van der Waals surface area contributed by atoms with Crippen LogP contribution in [0, 0.1) is 17.8 Å². The number of aliphatic hydroxyl groups is 1. The van der Waals surface area contributed by atoms with Crippen molar-refractivity contribution < 1.29 is 5.11 Å². The summed E-state index contributed by atoms with van der Waals surface area (Å²) in [6, 6.07) is 0.629. The molecule has 0 bridgehead atoms. The molecular weight excluding hydrogens is 222 g/mol. The Morgan fingerprint density at radius 1 is 1.00 bits per heavy atom. The van der Waals surface area contributed by atoms with E-state index in [1.54, 1.807) is 0 Å². The third-order valence-corrected chi connectivity index (χ3v) is 5.33. The fraction of sp³-hybridized carbons (Fsp3) is 1.00. The van der Waals surface area contributed by atoms with Crippen molar-refractivity contribution in [2.45, 2.75) is 77.4 Å². The molecule has 2 aliphatic carbocycles. The van der Waals surface area contributed by atoms with E-state index in [0.29, 0.717) is 6.04 Å². The molecule has 0 heterocycles. The molecule has 2 heteroatoms. The average Bonchev–Trinajstić information content (AvgIpc) is 2.32. The Morgan fingerprint density at radius 3 is 2.28 bits per heavy atom. The Labute approximate surface area is 113 Å². The highest BCUT2D eigenvalue weighted by Gasteiger charge is 2.33. The lowest BCUT2D eigenvalue weighted by Gasteiger charge is -2.39. The Balaban J connectivity index is 1.77. The third-order valence-electron chi connectivity index (χ3n) is 5.33. The molecule has 3 atom stereocenters. The summed E-state index contributed by atoms with van der Waals surface area (Å²) in [4.78, 5) is 0. The van der Waals surface area contributed by atoms with Gasteiger partial charge in [0.2, 0.25) is 0 Å². The molecule has 0 aromatic heterocycles. The molecule has 0 aliphatic heterocycles. The predicted molar refractivity (Wildman–Crippen MR) is 76.6 cm³/mol. The van der Waals surface area contributed by atoms with Crippen molar-refractivity contribution in [1.82, 2.24) is 5.32 Å². The minimum absolute atomic E-state index is 0.421. The maximum atomic E-state index is 10.6. The van der Waals surface area contributed by atoms with Gasteiger partial charge in [0.15, 0.2) is 0 Å². The first-order chi connectivity index (χ1) is 8.48. The Morgan fingerprint density at radius 2 is 1.67 bits per heavy atom. The molecule has 2 nitrogen and oxygen atoms in total. The summed E-state index contributed by atoms with van der Waals surface area (Å²) in [5.74, 6) is 2.45. The topological polar surface area (TPSA) is 32.3 Å². The van der Waals surface area contributed by atoms with E-state index in [-0.39, 0.29) is 0 Å². The van der Waals surface area contributed by atoms with E-state index in [0.717, 1.165) is 37.1 Å². The van der Waals surface area contributed by atoms with Crippen LogP contribution in [0.5, 0.6) is 0 Å². The molecule has 2 saturated carbocycles. The molecule has 2 N–H and O–H groups in total.